The summed E-state index contributed by atoms with van der Waals surface area (Å²) in [7, 11) is 0. The van der Waals surface area contributed by atoms with Gasteiger partial charge in [-0.15, -0.1) is 0 Å². The number of carbonyl (C=O) groups is 3. The van der Waals surface area contributed by atoms with Gasteiger partial charge in [-0.1, -0.05) is 18.2 Å². The quantitative estimate of drug-likeness (QED) is 0.360. The highest BCUT2D eigenvalue weighted by Crippen LogP contribution is 2.47. The van der Waals surface area contributed by atoms with E-state index in [0.717, 1.165) is 11.1 Å². The van der Waals surface area contributed by atoms with Gasteiger partial charge in [-0.05, 0) is 82.7 Å². The minimum absolute atomic E-state index is 0.0143. The molecule has 7 nitrogen and oxygen atoms in total. The molecule has 0 spiro atoms. The fraction of sp³-hybridized carbons (Fsp3) is 0.516. The first-order valence-corrected chi connectivity index (χ1v) is 14.2. The predicted molar refractivity (Wildman–Crippen MR) is 151 cm³/mol. The zero-order valence-electron chi connectivity index (χ0n) is 25.1. The summed E-state index contributed by atoms with van der Waals surface area (Å²) in [4.78, 5) is 43.3. The second-order valence-corrected chi connectivity index (χ2v) is 12.5. The maximum Gasteiger partial charge on any atom is 0.416 e. The predicted octanol–water partition coefficient (Wildman–Crippen LogP) is 7.35. The first-order valence-electron chi connectivity index (χ1n) is 14.2. The number of likely N-dealkylation sites (tertiary alicyclic amines) is 1. The van der Waals surface area contributed by atoms with Gasteiger partial charge in [-0.2, -0.15) is 26.3 Å². The normalized spacial score (nSPS) is 20.2. The number of amides is 3. The molecule has 2 saturated heterocycles. The smallest absolute Gasteiger partial charge is 0.416 e. The van der Waals surface area contributed by atoms with Crippen molar-refractivity contribution in [3.8, 4) is 0 Å². The highest BCUT2D eigenvalue weighted by Gasteiger charge is 2.55. The summed E-state index contributed by atoms with van der Waals surface area (Å²) in [5.74, 6) is -1.78. The van der Waals surface area contributed by atoms with E-state index in [1.807, 2.05) is 6.07 Å². The number of alkyl halides is 6. The van der Waals surface area contributed by atoms with Crippen LogP contribution in [0.3, 0.4) is 0 Å². The lowest BCUT2D eigenvalue weighted by atomic mass is 9.69. The van der Waals surface area contributed by atoms with Crippen molar-refractivity contribution < 1.29 is 45.5 Å². The molecule has 3 amide bonds. The standard InChI is InChI=1S/C31H35F6N3O4/c1-18-7-6-8-19(2)25(18)40-17-29(16-24(40)41,20-9-11-39(12-10-20)27(43)44-28(3,4)5)26(42)38-23-14-21(30(32,33)34)13-22(15-23)31(35,36)37/h6-8,13-15,20H,9-12,16-17H2,1-5H3,(H,38,42). The molecule has 2 aromatic carbocycles. The van der Waals surface area contributed by atoms with E-state index >= 15 is 0 Å². The molecule has 44 heavy (non-hydrogen) atoms. The maximum absolute atomic E-state index is 14.1. The average Bonchev–Trinajstić information content (AvgIpc) is 3.24. The lowest BCUT2D eigenvalue weighted by molar-refractivity contribution is -0.143. The van der Waals surface area contributed by atoms with Crippen molar-refractivity contribution in [1.82, 2.24) is 4.90 Å². The summed E-state index contributed by atoms with van der Waals surface area (Å²) >= 11 is 0. The topological polar surface area (TPSA) is 79.0 Å². The molecule has 2 aliphatic rings. The van der Waals surface area contributed by atoms with Gasteiger partial charge in [-0.3, -0.25) is 9.59 Å². The Kier molecular flexibility index (Phi) is 8.75. The van der Waals surface area contributed by atoms with E-state index in [1.54, 1.807) is 46.8 Å². The summed E-state index contributed by atoms with van der Waals surface area (Å²) in [6.45, 7) is 9.02. The van der Waals surface area contributed by atoms with Gasteiger partial charge >= 0.3 is 18.4 Å². The summed E-state index contributed by atoms with van der Waals surface area (Å²) in [6, 6.07) is 6.30. The molecule has 1 unspecified atom stereocenters. The van der Waals surface area contributed by atoms with E-state index in [4.69, 9.17) is 4.74 Å². The van der Waals surface area contributed by atoms with E-state index in [2.05, 4.69) is 5.32 Å². The van der Waals surface area contributed by atoms with Gasteiger partial charge in [0.2, 0.25) is 11.8 Å². The Balaban J connectivity index is 1.71. The third-order valence-corrected chi connectivity index (χ3v) is 8.14. The van der Waals surface area contributed by atoms with Gasteiger partial charge in [0, 0.05) is 37.4 Å². The van der Waals surface area contributed by atoms with Gasteiger partial charge in [0.1, 0.15) is 5.60 Å². The van der Waals surface area contributed by atoms with Crippen LogP contribution in [-0.4, -0.2) is 48.0 Å². The summed E-state index contributed by atoms with van der Waals surface area (Å²) in [6.07, 6.45) is -10.5. The molecule has 240 valence electrons. The first-order chi connectivity index (χ1) is 20.2. The number of piperidine rings is 1. The Morgan fingerprint density at radius 1 is 0.909 bits per heavy atom. The molecule has 2 aliphatic heterocycles. The fourth-order valence-electron chi connectivity index (χ4n) is 6.06. The molecule has 4 rings (SSSR count). The van der Waals surface area contributed by atoms with E-state index in [0.29, 0.717) is 17.8 Å². The van der Waals surface area contributed by atoms with Gasteiger partial charge in [0.15, 0.2) is 0 Å². The van der Waals surface area contributed by atoms with Crippen LogP contribution >= 0.6 is 0 Å². The van der Waals surface area contributed by atoms with Crippen LogP contribution in [0.4, 0.5) is 42.5 Å². The Morgan fingerprint density at radius 2 is 1.43 bits per heavy atom. The molecule has 2 fully saturated rings. The summed E-state index contributed by atoms with van der Waals surface area (Å²) < 4.78 is 86.7. The van der Waals surface area contributed by atoms with Crippen LogP contribution in [0.2, 0.25) is 0 Å². The van der Waals surface area contributed by atoms with Gasteiger partial charge in [0.05, 0.1) is 16.5 Å². The number of aryl methyl sites for hydroxylation is 2. The maximum atomic E-state index is 14.1. The number of rotatable bonds is 4. The number of halogens is 6. The summed E-state index contributed by atoms with van der Waals surface area (Å²) in [5, 5.41) is 2.31. The Bertz CT molecular complexity index is 1390. The monoisotopic (exact) mass is 627 g/mol. The van der Waals surface area contributed by atoms with Crippen LogP contribution < -0.4 is 10.2 Å². The van der Waals surface area contributed by atoms with Crippen molar-refractivity contribution in [2.24, 2.45) is 11.3 Å². The molecule has 1 atom stereocenters. The molecule has 2 aromatic rings. The zero-order valence-corrected chi connectivity index (χ0v) is 25.1. The molecule has 13 heteroatoms. The van der Waals surface area contributed by atoms with E-state index in [-0.39, 0.29) is 45.0 Å². The summed E-state index contributed by atoms with van der Waals surface area (Å²) in [5.41, 5.74) is -3.93. The number of hydrogen-bond donors (Lipinski definition) is 1. The van der Waals surface area contributed by atoms with Crippen molar-refractivity contribution in [3.05, 3.63) is 58.7 Å². The van der Waals surface area contributed by atoms with Gasteiger partial charge in [0.25, 0.3) is 0 Å². The minimum atomic E-state index is -5.10. The van der Waals surface area contributed by atoms with Crippen molar-refractivity contribution in [2.45, 2.75) is 71.8 Å². The van der Waals surface area contributed by atoms with Crippen molar-refractivity contribution in [1.29, 1.82) is 0 Å². The van der Waals surface area contributed by atoms with Crippen LogP contribution in [0.15, 0.2) is 36.4 Å². The van der Waals surface area contributed by atoms with E-state index in [1.165, 1.54) is 9.80 Å². The third-order valence-electron chi connectivity index (χ3n) is 8.14. The van der Waals surface area contributed by atoms with E-state index in [9.17, 15) is 40.7 Å². The molecular formula is C31H35F6N3O4. The number of para-hydroxylation sites is 1. The lowest BCUT2D eigenvalue weighted by Crippen LogP contribution is -2.50. The van der Waals surface area contributed by atoms with Crippen LogP contribution in [0.1, 0.15) is 62.3 Å². The Morgan fingerprint density at radius 3 is 1.91 bits per heavy atom. The molecule has 0 saturated carbocycles. The first kappa shape index (κ1) is 33.1. The minimum Gasteiger partial charge on any atom is -0.444 e. The van der Waals surface area contributed by atoms with Crippen molar-refractivity contribution >= 4 is 29.3 Å². The average molecular weight is 628 g/mol. The molecule has 0 bridgehead atoms. The molecule has 1 N–H and O–H groups in total. The second kappa shape index (κ2) is 11.6. The van der Waals surface area contributed by atoms with Crippen molar-refractivity contribution in [2.75, 3.05) is 29.9 Å². The van der Waals surface area contributed by atoms with Gasteiger partial charge in [-0.25, -0.2) is 4.79 Å². The molecule has 0 radical (unpaired) electrons. The number of carbonyl (C=O) groups excluding carboxylic acids is 3. The van der Waals surface area contributed by atoms with Crippen molar-refractivity contribution in [3.63, 3.8) is 0 Å². The largest absolute Gasteiger partial charge is 0.444 e. The molecule has 0 aromatic heterocycles. The number of nitrogens with one attached hydrogen (secondary N) is 1. The van der Waals surface area contributed by atoms with Crippen LogP contribution in [0.25, 0.3) is 0 Å². The second-order valence-electron chi connectivity index (χ2n) is 12.5. The number of benzene rings is 2. The molecule has 2 heterocycles. The highest BCUT2D eigenvalue weighted by molar-refractivity contribution is 6.06. The van der Waals surface area contributed by atoms with E-state index < -0.39 is 64.0 Å². The fourth-order valence-corrected chi connectivity index (χ4v) is 6.06. The number of nitrogens with zero attached hydrogens (tertiary/aromatic N) is 2. The lowest BCUT2D eigenvalue weighted by Gasteiger charge is -2.41. The van der Waals surface area contributed by atoms with Crippen LogP contribution in [0.5, 0.6) is 0 Å². The Hall–Kier alpha value is -3.77. The highest BCUT2D eigenvalue weighted by atomic mass is 19.4. The third kappa shape index (κ3) is 6.96. The molecule has 0 aliphatic carbocycles. The Labute approximate surface area is 251 Å². The number of anilines is 2. The molecular weight excluding hydrogens is 592 g/mol. The SMILES string of the molecule is Cc1cccc(C)c1N1CC(C(=O)Nc2cc(C(F)(F)F)cc(C(F)(F)F)c2)(C2CCN(C(=O)OC(C)(C)C)CC2)CC1=O. The van der Waals surface area contributed by atoms with Crippen LogP contribution in [-0.2, 0) is 26.7 Å². The number of ether oxygens (including phenoxy) is 1. The van der Waals surface area contributed by atoms with Gasteiger partial charge < -0.3 is 19.9 Å². The van der Waals surface area contributed by atoms with Crippen LogP contribution in [0, 0.1) is 25.2 Å². The zero-order chi connectivity index (χ0) is 32.8. The number of hydrogen-bond acceptors (Lipinski definition) is 4.